The van der Waals surface area contributed by atoms with E-state index in [1.165, 1.54) is 6.26 Å². The molecule has 1 atom stereocenters. The van der Waals surface area contributed by atoms with Crippen LogP contribution < -0.4 is 5.32 Å². The van der Waals surface area contributed by atoms with E-state index in [2.05, 4.69) is 10.3 Å². The van der Waals surface area contributed by atoms with Gasteiger partial charge in [0.15, 0.2) is 5.76 Å². The number of aromatic nitrogens is 1. The average Bonchev–Trinajstić information content (AvgIpc) is 3.09. The van der Waals surface area contributed by atoms with E-state index < -0.39 is 0 Å². The van der Waals surface area contributed by atoms with Crippen LogP contribution in [0.4, 0.5) is 5.82 Å². The Bertz CT molecular complexity index is 640. The molecule has 114 valence electrons. The fourth-order valence-corrected chi connectivity index (χ4v) is 2.60. The number of hydrogen-bond acceptors (Lipinski definition) is 4. The molecule has 6 heteroatoms. The van der Waals surface area contributed by atoms with Gasteiger partial charge in [-0.1, -0.05) is 6.07 Å². The van der Waals surface area contributed by atoms with Crippen LogP contribution in [0.5, 0.6) is 0 Å². The maximum absolute atomic E-state index is 12.3. The van der Waals surface area contributed by atoms with Crippen LogP contribution in [0.3, 0.4) is 0 Å². The molecule has 0 bridgehead atoms. The van der Waals surface area contributed by atoms with E-state index >= 15 is 0 Å². The summed E-state index contributed by atoms with van der Waals surface area (Å²) in [4.78, 5) is 30.3. The van der Waals surface area contributed by atoms with E-state index in [-0.39, 0.29) is 17.7 Å². The van der Waals surface area contributed by atoms with Gasteiger partial charge in [-0.2, -0.15) is 0 Å². The lowest BCUT2D eigenvalue weighted by atomic mass is 9.97. The summed E-state index contributed by atoms with van der Waals surface area (Å²) < 4.78 is 5.14. The van der Waals surface area contributed by atoms with Crippen molar-refractivity contribution in [3.8, 4) is 0 Å². The summed E-state index contributed by atoms with van der Waals surface area (Å²) in [7, 11) is 0. The number of nitrogens with zero attached hydrogens (tertiary/aromatic N) is 2. The zero-order valence-corrected chi connectivity index (χ0v) is 12.1. The minimum Gasteiger partial charge on any atom is -0.459 e. The molecule has 3 heterocycles. The first-order valence-electron chi connectivity index (χ1n) is 7.29. The van der Waals surface area contributed by atoms with Gasteiger partial charge in [0.05, 0.1) is 12.2 Å². The molecule has 1 N–H and O–H groups in total. The van der Waals surface area contributed by atoms with Crippen molar-refractivity contribution in [2.45, 2.75) is 12.8 Å². The molecule has 0 spiro atoms. The number of rotatable bonds is 3. The lowest BCUT2D eigenvalue weighted by Crippen LogP contribution is -2.43. The number of amides is 2. The number of hydrogen-bond donors (Lipinski definition) is 1. The van der Waals surface area contributed by atoms with Gasteiger partial charge in [-0.25, -0.2) is 4.98 Å². The Balaban J connectivity index is 1.63. The van der Waals surface area contributed by atoms with Gasteiger partial charge >= 0.3 is 0 Å². The van der Waals surface area contributed by atoms with E-state index in [0.717, 1.165) is 12.8 Å². The molecule has 22 heavy (non-hydrogen) atoms. The SMILES string of the molecule is O=C(Nc1ccccn1)[C@H]1CCCN(C(=O)c2ccco2)C1. The van der Waals surface area contributed by atoms with Gasteiger partial charge in [0, 0.05) is 19.3 Å². The van der Waals surface area contributed by atoms with E-state index in [4.69, 9.17) is 4.42 Å². The molecule has 0 aromatic carbocycles. The normalized spacial score (nSPS) is 18.0. The highest BCUT2D eigenvalue weighted by atomic mass is 16.3. The van der Waals surface area contributed by atoms with E-state index in [0.29, 0.717) is 24.7 Å². The Morgan fingerprint density at radius 3 is 2.91 bits per heavy atom. The van der Waals surface area contributed by atoms with Gasteiger partial charge in [-0.05, 0) is 37.1 Å². The lowest BCUT2D eigenvalue weighted by Gasteiger charge is -2.31. The van der Waals surface area contributed by atoms with Crippen LogP contribution in [0, 0.1) is 5.92 Å². The molecule has 0 aliphatic carbocycles. The summed E-state index contributed by atoms with van der Waals surface area (Å²) in [6.45, 7) is 1.05. The zero-order valence-electron chi connectivity index (χ0n) is 12.1. The van der Waals surface area contributed by atoms with Gasteiger partial charge in [-0.3, -0.25) is 9.59 Å². The Morgan fingerprint density at radius 1 is 1.27 bits per heavy atom. The van der Waals surface area contributed by atoms with Crippen LogP contribution in [-0.2, 0) is 4.79 Å². The summed E-state index contributed by atoms with van der Waals surface area (Å²) in [5, 5.41) is 2.79. The van der Waals surface area contributed by atoms with Crippen molar-refractivity contribution in [1.29, 1.82) is 0 Å². The fraction of sp³-hybridized carbons (Fsp3) is 0.312. The first-order valence-corrected chi connectivity index (χ1v) is 7.29. The smallest absolute Gasteiger partial charge is 0.289 e. The predicted molar refractivity (Wildman–Crippen MR) is 80.2 cm³/mol. The van der Waals surface area contributed by atoms with Crippen LogP contribution in [0.25, 0.3) is 0 Å². The van der Waals surface area contributed by atoms with Crippen LogP contribution >= 0.6 is 0 Å². The molecule has 3 rings (SSSR count). The number of carbonyl (C=O) groups is 2. The van der Waals surface area contributed by atoms with Crippen LogP contribution in [0.1, 0.15) is 23.4 Å². The van der Waals surface area contributed by atoms with Crippen molar-refractivity contribution in [1.82, 2.24) is 9.88 Å². The lowest BCUT2D eigenvalue weighted by molar-refractivity contribution is -0.121. The molecule has 0 unspecified atom stereocenters. The molecule has 1 aliphatic heterocycles. The molecule has 2 aromatic heterocycles. The van der Waals surface area contributed by atoms with Gasteiger partial charge in [0.1, 0.15) is 5.82 Å². The molecule has 6 nitrogen and oxygen atoms in total. The maximum Gasteiger partial charge on any atom is 0.289 e. The van der Waals surface area contributed by atoms with Crippen LogP contribution in [0.15, 0.2) is 47.2 Å². The summed E-state index contributed by atoms with van der Waals surface area (Å²) in [5.74, 6) is 0.346. The first-order chi connectivity index (χ1) is 10.7. The highest BCUT2D eigenvalue weighted by Gasteiger charge is 2.29. The van der Waals surface area contributed by atoms with Crippen molar-refractivity contribution in [3.63, 3.8) is 0 Å². The number of nitrogens with one attached hydrogen (secondary N) is 1. The summed E-state index contributed by atoms with van der Waals surface area (Å²) in [6.07, 6.45) is 4.67. The monoisotopic (exact) mass is 299 g/mol. The second-order valence-corrected chi connectivity index (χ2v) is 5.27. The Hall–Kier alpha value is -2.63. The zero-order chi connectivity index (χ0) is 15.4. The first kappa shape index (κ1) is 14.3. The van der Waals surface area contributed by atoms with Crippen molar-refractivity contribution < 1.29 is 14.0 Å². The van der Waals surface area contributed by atoms with Gasteiger partial charge in [0.2, 0.25) is 5.91 Å². The molecule has 1 aliphatic rings. The second kappa shape index (κ2) is 6.43. The van der Waals surface area contributed by atoms with Crippen molar-refractivity contribution in [3.05, 3.63) is 48.6 Å². The highest BCUT2D eigenvalue weighted by Crippen LogP contribution is 2.20. The minimum absolute atomic E-state index is 0.101. The average molecular weight is 299 g/mol. The third-order valence-corrected chi connectivity index (χ3v) is 3.73. The van der Waals surface area contributed by atoms with Gasteiger partial charge in [-0.15, -0.1) is 0 Å². The Morgan fingerprint density at radius 2 is 2.18 bits per heavy atom. The highest BCUT2D eigenvalue weighted by molar-refractivity contribution is 5.94. The van der Waals surface area contributed by atoms with Gasteiger partial charge < -0.3 is 14.6 Å². The Kier molecular flexibility index (Phi) is 4.18. The molecule has 2 aromatic rings. The van der Waals surface area contributed by atoms with Crippen molar-refractivity contribution >= 4 is 17.6 Å². The van der Waals surface area contributed by atoms with Crippen LogP contribution in [-0.4, -0.2) is 34.8 Å². The van der Waals surface area contributed by atoms with E-state index in [9.17, 15) is 9.59 Å². The van der Waals surface area contributed by atoms with E-state index in [1.807, 2.05) is 6.07 Å². The Labute approximate surface area is 128 Å². The summed E-state index contributed by atoms with van der Waals surface area (Å²) in [6, 6.07) is 8.67. The largest absolute Gasteiger partial charge is 0.459 e. The fourth-order valence-electron chi connectivity index (χ4n) is 2.60. The van der Waals surface area contributed by atoms with Crippen molar-refractivity contribution in [2.24, 2.45) is 5.92 Å². The molecule has 0 saturated carbocycles. The number of furan rings is 1. The summed E-state index contributed by atoms with van der Waals surface area (Å²) >= 11 is 0. The number of anilines is 1. The third-order valence-electron chi connectivity index (χ3n) is 3.73. The molecule has 1 saturated heterocycles. The number of pyridine rings is 1. The van der Waals surface area contributed by atoms with Crippen molar-refractivity contribution in [2.75, 3.05) is 18.4 Å². The predicted octanol–water partition coefficient (Wildman–Crippen LogP) is 2.17. The number of carbonyl (C=O) groups excluding carboxylic acids is 2. The molecule has 2 amide bonds. The number of likely N-dealkylation sites (tertiary alicyclic amines) is 1. The van der Waals surface area contributed by atoms with E-state index in [1.54, 1.807) is 35.4 Å². The summed E-state index contributed by atoms with van der Waals surface area (Å²) in [5.41, 5.74) is 0. The van der Waals surface area contributed by atoms with Crippen LogP contribution in [0.2, 0.25) is 0 Å². The minimum atomic E-state index is -0.227. The molecular weight excluding hydrogens is 282 g/mol. The topological polar surface area (TPSA) is 75.4 Å². The quantitative estimate of drug-likeness (QED) is 0.942. The van der Waals surface area contributed by atoms with Gasteiger partial charge in [0.25, 0.3) is 5.91 Å². The number of piperidine rings is 1. The molecular formula is C16H17N3O3. The third kappa shape index (κ3) is 3.16. The maximum atomic E-state index is 12.3. The standard InChI is InChI=1S/C16H17N3O3/c20-15(18-14-7-1-2-8-17-14)12-5-3-9-19(11-12)16(21)13-6-4-10-22-13/h1-2,4,6-8,10,12H,3,5,9,11H2,(H,17,18,20)/t12-/m0/s1. The second-order valence-electron chi connectivity index (χ2n) is 5.27. The molecule has 1 fully saturated rings. The molecule has 0 radical (unpaired) electrons.